The third-order valence-corrected chi connectivity index (χ3v) is 12.2. The van der Waals surface area contributed by atoms with Crippen LogP contribution >= 0.6 is 23.1 Å². The van der Waals surface area contributed by atoms with E-state index in [0.29, 0.717) is 0 Å². The number of nitriles is 1. The number of anilines is 5. The molecule has 7 heteroatoms. The van der Waals surface area contributed by atoms with E-state index in [9.17, 15) is 15.2 Å². The van der Waals surface area contributed by atoms with E-state index in [2.05, 4.69) is 150 Å². The van der Waals surface area contributed by atoms with E-state index >= 15 is 0 Å². The fourth-order valence-electron chi connectivity index (χ4n) is 7.24. The summed E-state index contributed by atoms with van der Waals surface area (Å²) >= 11 is 3.28. The average Bonchev–Trinajstić information content (AvgIpc) is 3.70. The molecule has 0 amide bonds. The van der Waals surface area contributed by atoms with Crippen LogP contribution in [0.3, 0.4) is 0 Å². The highest BCUT2D eigenvalue weighted by Crippen LogP contribution is 2.51. The van der Waals surface area contributed by atoms with Crippen molar-refractivity contribution in [1.29, 1.82) is 5.26 Å². The summed E-state index contributed by atoms with van der Waals surface area (Å²) in [6.07, 6.45) is 6.17. The Morgan fingerprint density at radius 2 is 1.40 bits per heavy atom. The highest BCUT2D eigenvalue weighted by Gasteiger charge is 2.25. The highest BCUT2D eigenvalue weighted by molar-refractivity contribution is 7.99. The number of thiophene rings is 1. The van der Waals surface area contributed by atoms with E-state index in [-0.39, 0.29) is 5.57 Å². The van der Waals surface area contributed by atoms with Gasteiger partial charge in [0, 0.05) is 42.9 Å². The first kappa shape index (κ1) is 35.9. The predicted molar refractivity (Wildman–Crippen MR) is 230 cm³/mol. The number of fused-ring (bicyclic) bond motifs is 3. The second-order valence-corrected chi connectivity index (χ2v) is 15.8. The fourth-order valence-corrected chi connectivity index (χ4v) is 9.36. The number of carboxylic acids is 1. The van der Waals surface area contributed by atoms with Gasteiger partial charge in [-0.25, -0.2) is 4.79 Å². The normalized spacial score (nSPS) is 12.2. The number of carbonyl (C=O) groups is 1. The Labute approximate surface area is 330 Å². The first-order chi connectivity index (χ1) is 27.0. The van der Waals surface area contributed by atoms with Gasteiger partial charge >= 0.3 is 5.97 Å². The molecule has 0 atom stereocenters. The topological polar surface area (TPSA) is 67.6 Å². The Kier molecular flexibility index (Phi) is 10.5. The summed E-state index contributed by atoms with van der Waals surface area (Å²) in [5, 5.41) is 21.0. The molecule has 1 aliphatic rings. The van der Waals surface area contributed by atoms with Crippen molar-refractivity contribution < 1.29 is 9.90 Å². The number of hydrogen-bond donors (Lipinski definition) is 1. The van der Waals surface area contributed by atoms with Crippen LogP contribution in [0.15, 0.2) is 161 Å². The zero-order valence-corrected chi connectivity index (χ0v) is 32.1. The third-order valence-electron chi connectivity index (χ3n) is 9.99. The van der Waals surface area contributed by atoms with Gasteiger partial charge in [0.15, 0.2) is 0 Å². The molecule has 0 fully saturated rings. The molecule has 1 aromatic heterocycles. The summed E-state index contributed by atoms with van der Waals surface area (Å²) < 4.78 is 0. The van der Waals surface area contributed by atoms with E-state index in [4.69, 9.17) is 0 Å². The van der Waals surface area contributed by atoms with E-state index in [1.54, 1.807) is 17.8 Å². The van der Waals surface area contributed by atoms with Crippen molar-refractivity contribution in [3.05, 3.63) is 156 Å². The molecular weight excluding hydrogens is 715 g/mol. The minimum absolute atomic E-state index is 0.270. The molecule has 8 rings (SSSR count). The van der Waals surface area contributed by atoms with Crippen LogP contribution in [0.25, 0.3) is 38.4 Å². The molecule has 1 aliphatic heterocycles. The van der Waals surface area contributed by atoms with Crippen LogP contribution in [0.1, 0.15) is 37.5 Å². The van der Waals surface area contributed by atoms with Crippen molar-refractivity contribution in [1.82, 2.24) is 0 Å². The van der Waals surface area contributed by atoms with Crippen molar-refractivity contribution in [2.45, 2.75) is 42.4 Å². The number of hydrogen-bond acceptors (Lipinski definition) is 6. The number of para-hydroxylation sites is 1. The van der Waals surface area contributed by atoms with E-state index in [1.165, 1.54) is 74.2 Å². The number of carboxylic acid groups (broad SMARTS) is 1. The number of unbranched alkanes of at least 4 members (excludes halogenated alkanes) is 3. The lowest BCUT2D eigenvalue weighted by Crippen LogP contribution is -2.22. The molecule has 0 aliphatic carbocycles. The van der Waals surface area contributed by atoms with Crippen molar-refractivity contribution in [2.75, 3.05) is 16.3 Å². The maximum Gasteiger partial charge on any atom is 0.346 e. The largest absolute Gasteiger partial charge is 0.477 e. The van der Waals surface area contributed by atoms with Crippen LogP contribution in [0.2, 0.25) is 0 Å². The van der Waals surface area contributed by atoms with E-state index in [0.717, 1.165) is 50.9 Å². The van der Waals surface area contributed by atoms with Crippen molar-refractivity contribution in [3.63, 3.8) is 0 Å². The first-order valence-electron chi connectivity index (χ1n) is 18.6. The standard InChI is InChI=1S/C48H39N3O2S2/c1-2-3-4-10-28-50-43-25-20-35(30-46(43)55-47-31-36(21-26-44(47)50)45-27-24-40(54-45)29-37(32-49)48(52)53)33-18-22-39(23-19-33)51(38-14-6-5-7-15-38)42-17-11-13-34-12-8-9-16-41(34)42/h5-9,11-27,29-31H,2-4,10,28H2,1H3,(H,52,53)/b37-29-. The van der Waals surface area contributed by atoms with E-state index < -0.39 is 5.97 Å². The van der Waals surface area contributed by atoms with Gasteiger partial charge in [-0.15, -0.1) is 11.3 Å². The Morgan fingerprint density at radius 1 is 0.727 bits per heavy atom. The summed E-state index contributed by atoms with van der Waals surface area (Å²) in [4.78, 5) is 20.4. The zero-order valence-electron chi connectivity index (χ0n) is 30.5. The summed E-state index contributed by atoms with van der Waals surface area (Å²) in [7, 11) is 0. The zero-order chi connectivity index (χ0) is 37.7. The molecule has 0 saturated carbocycles. The monoisotopic (exact) mass is 753 g/mol. The Hall–Kier alpha value is -6.07. The summed E-state index contributed by atoms with van der Waals surface area (Å²) in [6, 6.07) is 53.6. The number of aliphatic carboxylic acids is 1. The molecule has 1 N–H and O–H groups in total. The van der Waals surface area contributed by atoms with Crippen LogP contribution in [0, 0.1) is 11.3 Å². The molecule has 55 heavy (non-hydrogen) atoms. The van der Waals surface area contributed by atoms with Gasteiger partial charge in [-0.05, 0) is 101 Å². The number of rotatable bonds is 12. The van der Waals surface area contributed by atoms with Crippen LogP contribution in [-0.4, -0.2) is 17.6 Å². The molecular formula is C48H39N3O2S2. The molecule has 0 saturated heterocycles. The first-order valence-corrected chi connectivity index (χ1v) is 20.3. The lowest BCUT2D eigenvalue weighted by atomic mass is 10.0. The molecule has 0 bridgehead atoms. The van der Waals surface area contributed by atoms with Gasteiger partial charge in [0.05, 0.1) is 17.1 Å². The van der Waals surface area contributed by atoms with Gasteiger partial charge < -0.3 is 14.9 Å². The minimum Gasteiger partial charge on any atom is -0.477 e. The molecule has 0 unspecified atom stereocenters. The Morgan fingerprint density at radius 3 is 2.15 bits per heavy atom. The second-order valence-electron chi connectivity index (χ2n) is 13.6. The molecule has 0 spiro atoms. The molecule has 270 valence electrons. The average molecular weight is 754 g/mol. The lowest BCUT2D eigenvalue weighted by molar-refractivity contribution is -0.132. The quantitative estimate of drug-likeness (QED) is 0.0761. The number of benzene rings is 6. The highest BCUT2D eigenvalue weighted by atomic mass is 32.2. The van der Waals surface area contributed by atoms with Gasteiger partial charge in [-0.3, -0.25) is 0 Å². The molecule has 7 aromatic rings. The summed E-state index contributed by atoms with van der Waals surface area (Å²) in [5.41, 5.74) is 8.91. The van der Waals surface area contributed by atoms with Gasteiger partial charge in [0.1, 0.15) is 11.6 Å². The third kappa shape index (κ3) is 7.52. The van der Waals surface area contributed by atoms with Crippen LogP contribution < -0.4 is 9.80 Å². The molecule has 5 nitrogen and oxygen atoms in total. The Balaban J connectivity index is 1.12. The molecule has 2 heterocycles. The Bertz CT molecular complexity index is 2560. The van der Waals surface area contributed by atoms with Gasteiger partial charge in [0.2, 0.25) is 0 Å². The maximum atomic E-state index is 11.4. The van der Waals surface area contributed by atoms with Crippen LogP contribution in [-0.2, 0) is 4.79 Å². The molecule has 6 aromatic carbocycles. The summed E-state index contributed by atoms with van der Waals surface area (Å²) in [5.74, 6) is -1.22. The van der Waals surface area contributed by atoms with Crippen LogP contribution in [0.5, 0.6) is 0 Å². The maximum absolute atomic E-state index is 11.4. The predicted octanol–water partition coefficient (Wildman–Crippen LogP) is 13.9. The van der Waals surface area contributed by atoms with Crippen molar-refractivity contribution >= 4 is 74.4 Å². The van der Waals surface area contributed by atoms with Gasteiger partial charge in [-0.2, -0.15) is 5.26 Å². The van der Waals surface area contributed by atoms with Crippen molar-refractivity contribution in [2.24, 2.45) is 0 Å². The summed E-state index contributed by atoms with van der Waals surface area (Å²) in [6.45, 7) is 3.19. The van der Waals surface area contributed by atoms with Crippen molar-refractivity contribution in [3.8, 4) is 27.6 Å². The van der Waals surface area contributed by atoms with Gasteiger partial charge in [-0.1, -0.05) is 117 Å². The SMILES string of the molecule is CCCCCCN1c2ccc(-c3ccc(N(c4ccccc4)c4cccc5ccccc45)cc3)cc2Sc2cc(-c3ccc(/C=C(/C#N)C(=O)O)s3)ccc21. The lowest BCUT2D eigenvalue weighted by Gasteiger charge is -2.33. The number of nitrogens with zero attached hydrogens (tertiary/aromatic N) is 3. The fraction of sp³-hybridized carbons (Fsp3) is 0.125. The smallest absolute Gasteiger partial charge is 0.346 e. The van der Waals surface area contributed by atoms with Gasteiger partial charge in [0.25, 0.3) is 0 Å². The minimum atomic E-state index is -1.22. The second kappa shape index (κ2) is 16.1. The van der Waals surface area contributed by atoms with Crippen LogP contribution in [0.4, 0.5) is 28.4 Å². The molecule has 0 radical (unpaired) electrons. The van der Waals surface area contributed by atoms with E-state index in [1.807, 2.05) is 12.1 Å².